The third kappa shape index (κ3) is 4.77. The molecule has 5 nitrogen and oxygen atoms in total. The zero-order chi connectivity index (χ0) is 17.9. The number of carbonyl (C=O) groups is 2. The lowest BCUT2D eigenvalue weighted by atomic mass is 9.81. The fraction of sp³-hybridized carbons (Fsp3) is 0.600. The van der Waals surface area contributed by atoms with Gasteiger partial charge in [-0.05, 0) is 25.3 Å². The lowest BCUT2D eigenvalue weighted by Gasteiger charge is -2.41. The number of halogens is 1. The van der Waals surface area contributed by atoms with E-state index in [0.29, 0.717) is 32.6 Å². The van der Waals surface area contributed by atoms with Crippen molar-refractivity contribution in [2.75, 3.05) is 26.2 Å². The molecule has 2 aliphatic rings. The molecule has 1 aromatic carbocycles. The number of nitrogens with two attached hydrogens (primary N) is 1. The molecule has 0 bridgehead atoms. The minimum atomic E-state index is -0.674. The first kappa shape index (κ1) is 20.7. The van der Waals surface area contributed by atoms with E-state index >= 15 is 0 Å². The minimum absolute atomic E-state index is 0. The summed E-state index contributed by atoms with van der Waals surface area (Å²) in [5.74, 6) is 0.217. The average Bonchev–Trinajstić information content (AvgIpc) is 2.64. The zero-order valence-corrected chi connectivity index (χ0v) is 16.4. The summed E-state index contributed by atoms with van der Waals surface area (Å²) in [6.45, 7) is 4.44. The van der Waals surface area contributed by atoms with Crippen molar-refractivity contribution in [3.63, 3.8) is 0 Å². The van der Waals surface area contributed by atoms with Crippen LogP contribution in [-0.4, -0.2) is 53.3 Å². The van der Waals surface area contributed by atoms with Gasteiger partial charge in [-0.3, -0.25) is 9.59 Å². The highest BCUT2D eigenvalue weighted by Crippen LogP contribution is 2.28. The molecule has 2 N–H and O–H groups in total. The number of aryl methyl sites for hydroxylation is 1. The molecule has 1 aromatic rings. The van der Waals surface area contributed by atoms with E-state index in [-0.39, 0.29) is 24.2 Å². The van der Waals surface area contributed by atoms with Gasteiger partial charge >= 0.3 is 0 Å². The van der Waals surface area contributed by atoms with Crippen LogP contribution in [0.1, 0.15) is 43.2 Å². The van der Waals surface area contributed by atoms with Crippen LogP contribution in [0.5, 0.6) is 0 Å². The monoisotopic (exact) mass is 379 g/mol. The summed E-state index contributed by atoms with van der Waals surface area (Å²) in [6, 6.07) is 8.08. The number of hydrogen-bond acceptors (Lipinski definition) is 3. The maximum Gasteiger partial charge on any atom is 0.242 e. The molecular formula is C20H30ClN3O2. The molecule has 0 radical (unpaired) electrons. The van der Waals surface area contributed by atoms with Gasteiger partial charge in [0.05, 0.1) is 12.0 Å². The number of rotatable bonds is 3. The summed E-state index contributed by atoms with van der Waals surface area (Å²) in [7, 11) is 0. The van der Waals surface area contributed by atoms with Crippen molar-refractivity contribution in [1.29, 1.82) is 0 Å². The number of nitrogens with zero attached hydrogens (tertiary/aromatic N) is 2. The molecule has 1 saturated heterocycles. The predicted molar refractivity (Wildman–Crippen MR) is 105 cm³/mol. The summed E-state index contributed by atoms with van der Waals surface area (Å²) in [4.78, 5) is 29.0. The van der Waals surface area contributed by atoms with Gasteiger partial charge in [0.15, 0.2) is 0 Å². The standard InChI is InChI=1S/C20H29N3O2.ClH/c1-16-5-7-17(8-6-16)15-18(24)22-11-13-23(14-12-22)19(25)20(21)9-3-2-4-10-20;/h5-8H,2-4,9-15,21H2,1H3;1H. The number of hydrogen-bond donors (Lipinski definition) is 1. The normalized spacial score (nSPS) is 19.6. The van der Waals surface area contributed by atoms with Gasteiger partial charge in [-0.1, -0.05) is 49.1 Å². The van der Waals surface area contributed by atoms with Crippen LogP contribution in [0.4, 0.5) is 0 Å². The Kier molecular flexibility index (Phi) is 7.07. The number of carbonyl (C=O) groups excluding carboxylic acids is 2. The van der Waals surface area contributed by atoms with Gasteiger partial charge in [0.1, 0.15) is 0 Å². The van der Waals surface area contributed by atoms with Crippen LogP contribution < -0.4 is 5.73 Å². The lowest BCUT2D eigenvalue weighted by molar-refractivity contribution is -0.143. The molecule has 2 amide bonds. The molecule has 6 heteroatoms. The largest absolute Gasteiger partial charge is 0.339 e. The Bertz CT molecular complexity index is 618. The molecule has 1 saturated carbocycles. The van der Waals surface area contributed by atoms with Gasteiger partial charge in [-0.15, -0.1) is 12.4 Å². The van der Waals surface area contributed by atoms with E-state index < -0.39 is 5.54 Å². The van der Waals surface area contributed by atoms with Crippen molar-refractivity contribution in [2.24, 2.45) is 5.73 Å². The zero-order valence-electron chi connectivity index (χ0n) is 15.6. The van der Waals surface area contributed by atoms with Crippen molar-refractivity contribution in [1.82, 2.24) is 9.80 Å². The van der Waals surface area contributed by atoms with Gasteiger partial charge in [0.2, 0.25) is 11.8 Å². The third-order valence-corrected chi connectivity index (χ3v) is 5.57. The molecule has 0 spiro atoms. The van der Waals surface area contributed by atoms with E-state index in [1.165, 1.54) is 12.0 Å². The highest BCUT2D eigenvalue weighted by molar-refractivity contribution is 5.87. The third-order valence-electron chi connectivity index (χ3n) is 5.57. The Labute approximate surface area is 162 Å². The van der Waals surface area contributed by atoms with Crippen molar-refractivity contribution < 1.29 is 9.59 Å². The first-order valence-corrected chi connectivity index (χ1v) is 9.39. The van der Waals surface area contributed by atoms with Crippen molar-refractivity contribution >= 4 is 24.2 Å². The molecule has 26 heavy (non-hydrogen) atoms. The average molecular weight is 380 g/mol. The molecule has 1 heterocycles. The Hall–Kier alpha value is -1.59. The molecular weight excluding hydrogens is 350 g/mol. The smallest absolute Gasteiger partial charge is 0.242 e. The quantitative estimate of drug-likeness (QED) is 0.876. The van der Waals surface area contributed by atoms with Gasteiger partial charge in [0, 0.05) is 26.2 Å². The Morgan fingerprint density at radius 2 is 1.50 bits per heavy atom. The van der Waals surface area contributed by atoms with E-state index in [2.05, 4.69) is 0 Å². The van der Waals surface area contributed by atoms with Crippen molar-refractivity contribution in [3.05, 3.63) is 35.4 Å². The van der Waals surface area contributed by atoms with Crippen LogP contribution in [0.3, 0.4) is 0 Å². The number of amides is 2. The number of piperazine rings is 1. The van der Waals surface area contributed by atoms with Gasteiger partial charge in [-0.2, -0.15) is 0 Å². The second kappa shape index (κ2) is 8.87. The topological polar surface area (TPSA) is 66.6 Å². The van der Waals surface area contributed by atoms with Crippen LogP contribution in [0.25, 0.3) is 0 Å². The van der Waals surface area contributed by atoms with Crippen molar-refractivity contribution in [2.45, 2.75) is 51.0 Å². The van der Waals surface area contributed by atoms with Crippen LogP contribution in [0, 0.1) is 6.92 Å². The molecule has 1 aliphatic heterocycles. The van der Waals surface area contributed by atoms with Gasteiger partial charge < -0.3 is 15.5 Å². The summed E-state index contributed by atoms with van der Waals surface area (Å²) < 4.78 is 0. The van der Waals surface area contributed by atoms with Crippen LogP contribution in [-0.2, 0) is 16.0 Å². The molecule has 0 unspecified atom stereocenters. The summed E-state index contributed by atoms with van der Waals surface area (Å²) >= 11 is 0. The maximum atomic E-state index is 12.8. The highest BCUT2D eigenvalue weighted by Gasteiger charge is 2.39. The van der Waals surface area contributed by atoms with E-state index in [1.807, 2.05) is 41.0 Å². The highest BCUT2D eigenvalue weighted by atomic mass is 35.5. The van der Waals surface area contributed by atoms with Crippen molar-refractivity contribution in [3.8, 4) is 0 Å². The van der Waals surface area contributed by atoms with E-state index in [9.17, 15) is 9.59 Å². The molecule has 2 fully saturated rings. The SMILES string of the molecule is Cc1ccc(CC(=O)N2CCN(C(=O)C3(N)CCCCC3)CC2)cc1.Cl. The summed E-state index contributed by atoms with van der Waals surface area (Å²) in [5, 5.41) is 0. The van der Waals surface area contributed by atoms with Crippen LogP contribution in [0.2, 0.25) is 0 Å². The molecule has 3 rings (SSSR count). The molecule has 0 atom stereocenters. The first-order chi connectivity index (χ1) is 12.0. The van der Waals surface area contributed by atoms with E-state index in [0.717, 1.165) is 31.2 Å². The Morgan fingerprint density at radius 3 is 2.08 bits per heavy atom. The predicted octanol–water partition coefficient (Wildman–Crippen LogP) is 2.29. The molecule has 0 aromatic heterocycles. The second-order valence-corrected chi connectivity index (χ2v) is 7.55. The summed E-state index contributed by atoms with van der Waals surface area (Å²) in [5.41, 5.74) is 7.93. The fourth-order valence-electron chi connectivity index (χ4n) is 3.86. The van der Waals surface area contributed by atoms with E-state index in [1.54, 1.807) is 0 Å². The minimum Gasteiger partial charge on any atom is -0.339 e. The fourth-order valence-corrected chi connectivity index (χ4v) is 3.86. The first-order valence-electron chi connectivity index (χ1n) is 9.39. The Balaban J connectivity index is 0.00000243. The van der Waals surface area contributed by atoms with Crippen LogP contribution >= 0.6 is 12.4 Å². The van der Waals surface area contributed by atoms with Gasteiger partial charge in [-0.25, -0.2) is 0 Å². The lowest BCUT2D eigenvalue weighted by Crippen LogP contribution is -2.60. The molecule has 1 aliphatic carbocycles. The summed E-state index contributed by atoms with van der Waals surface area (Å²) in [6.07, 6.45) is 5.26. The second-order valence-electron chi connectivity index (χ2n) is 7.55. The van der Waals surface area contributed by atoms with E-state index in [4.69, 9.17) is 5.73 Å². The maximum absolute atomic E-state index is 12.8. The number of benzene rings is 1. The Morgan fingerprint density at radius 1 is 0.962 bits per heavy atom. The van der Waals surface area contributed by atoms with Gasteiger partial charge in [0.25, 0.3) is 0 Å². The van der Waals surface area contributed by atoms with Crippen LogP contribution in [0.15, 0.2) is 24.3 Å². The molecule has 144 valence electrons.